The summed E-state index contributed by atoms with van der Waals surface area (Å²) in [6.07, 6.45) is 1.11. The Hall–Kier alpha value is -1.06. The van der Waals surface area contributed by atoms with Gasteiger partial charge in [-0.05, 0) is 31.0 Å². The van der Waals surface area contributed by atoms with Crippen LogP contribution >= 0.6 is 0 Å². The predicted octanol–water partition coefficient (Wildman–Crippen LogP) is 2.17. The van der Waals surface area contributed by atoms with Gasteiger partial charge < -0.3 is 14.6 Å². The van der Waals surface area contributed by atoms with Gasteiger partial charge >= 0.3 is 0 Å². The molecule has 3 atom stereocenters. The summed E-state index contributed by atoms with van der Waals surface area (Å²) in [6, 6.07) is 8.10. The van der Waals surface area contributed by atoms with Crippen LogP contribution in [0.25, 0.3) is 0 Å². The molecule has 1 aromatic rings. The lowest BCUT2D eigenvalue weighted by Crippen LogP contribution is -2.55. The Bertz CT molecular complexity index is 347. The summed E-state index contributed by atoms with van der Waals surface area (Å²) in [7, 11) is 0. The van der Waals surface area contributed by atoms with Gasteiger partial charge in [-0.15, -0.1) is 0 Å². The van der Waals surface area contributed by atoms with E-state index in [0.717, 1.165) is 12.2 Å². The first-order chi connectivity index (χ1) is 8.24. The minimum Gasteiger partial charge on any atom is -0.488 e. The molecule has 17 heavy (non-hydrogen) atoms. The SMILES string of the molecule is CCOC1C(O)CC1Oc1ccc(CC)cc1. The van der Waals surface area contributed by atoms with Gasteiger partial charge in [0.05, 0.1) is 6.10 Å². The Labute approximate surface area is 102 Å². The van der Waals surface area contributed by atoms with Crippen LogP contribution in [0, 0.1) is 0 Å². The van der Waals surface area contributed by atoms with Gasteiger partial charge in [-0.1, -0.05) is 19.1 Å². The first-order valence-electron chi connectivity index (χ1n) is 6.29. The van der Waals surface area contributed by atoms with E-state index >= 15 is 0 Å². The fourth-order valence-corrected chi connectivity index (χ4v) is 2.06. The van der Waals surface area contributed by atoms with Gasteiger partial charge in [0, 0.05) is 13.0 Å². The molecule has 0 spiro atoms. The van der Waals surface area contributed by atoms with Crippen LogP contribution in [-0.4, -0.2) is 30.0 Å². The summed E-state index contributed by atoms with van der Waals surface area (Å²) in [5.74, 6) is 0.851. The van der Waals surface area contributed by atoms with Crippen molar-refractivity contribution in [2.24, 2.45) is 0 Å². The van der Waals surface area contributed by atoms with Gasteiger partial charge in [-0.25, -0.2) is 0 Å². The molecule has 2 rings (SSSR count). The molecule has 1 fully saturated rings. The third-order valence-electron chi connectivity index (χ3n) is 3.20. The zero-order valence-electron chi connectivity index (χ0n) is 10.4. The highest BCUT2D eigenvalue weighted by atomic mass is 16.6. The molecule has 1 saturated carbocycles. The van der Waals surface area contributed by atoms with Crippen molar-refractivity contribution in [1.82, 2.24) is 0 Å². The van der Waals surface area contributed by atoms with E-state index in [1.807, 2.05) is 19.1 Å². The van der Waals surface area contributed by atoms with E-state index in [9.17, 15) is 5.11 Å². The maximum absolute atomic E-state index is 9.56. The molecular formula is C14H20O3. The normalized spacial score (nSPS) is 27.6. The number of ether oxygens (including phenoxy) is 2. The molecule has 0 aromatic heterocycles. The standard InChI is InChI=1S/C14H20O3/c1-3-10-5-7-11(8-6-10)17-13-9-12(15)14(13)16-4-2/h5-8,12-15H,3-4,9H2,1-2H3. The predicted molar refractivity (Wildman–Crippen MR) is 66.3 cm³/mol. The maximum Gasteiger partial charge on any atom is 0.130 e. The molecule has 3 nitrogen and oxygen atoms in total. The summed E-state index contributed by atoms with van der Waals surface area (Å²) >= 11 is 0. The summed E-state index contributed by atoms with van der Waals surface area (Å²) in [4.78, 5) is 0. The molecule has 0 radical (unpaired) electrons. The van der Waals surface area contributed by atoms with Gasteiger partial charge in [-0.2, -0.15) is 0 Å². The van der Waals surface area contributed by atoms with E-state index in [1.165, 1.54) is 5.56 Å². The average molecular weight is 236 g/mol. The number of hydrogen-bond acceptors (Lipinski definition) is 3. The second-order valence-electron chi connectivity index (χ2n) is 4.38. The van der Waals surface area contributed by atoms with E-state index in [1.54, 1.807) is 0 Å². The highest BCUT2D eigenvalue weighted by Crippen LogP contribution is 2.29. The fraction of sp³-hybridized carbons (Fsp3) is 0.571. The van der Waals surface area contributed by atoms with Gasteiger partial charge in [-0.3, -0.25) is 0 Å². The molecule has 1 N–H and O–H groups in total. The van der Waals surface area contributed by atoms with Crippen molar-refractivity contribution < 1.29 is 14.6 Å². The number of hydrogen-bond donors (Lipinski definition) is 1. The zero-order chi connectivity index (χ0) is 12.3. The molecule has 3 unspecified atom stereocenters. The Morgan fingerprint density at radius 3 is 2.47 bits per heavy atom. The molecule has 0 amide bonds. The van der Waals surface area contributed by atoms with E-state index in [2.05, 4.69) is 19.1 Å². The van der Waals surface area contributed by atoms with Crippen molar-refractivity contribution in [2.45, 2.75) is 45.0 Å². The van der Waals surface area contributed by atoms with Crippen molar-refractivity contribution in [2.75, 3.05) is 6.61 Å². The first kappa shape index (κ1) is 12.4. The van der Waals surface area contributed by atoms with Crippen LogP contribution in [-0.2, 0) is 11.2 Å². The lowest BCUT2D eigenvalue weighted by Gasteiger charge is -2.40. The molecule has 0 aliphatic heterocycles. The van der Waals surface area contributed by atoms with Crippen LogP contribution in [0.15, 0.2) is 24.3 Å². The number of aliphatic hydroxyl groups excluding tert-OH is 1. The Balaban J connectivity index is 1.92. The third kappa shape index (κ3) is 2.79. The highest BCUT2D eigenvalue weighted by Gasteiger charge is 2.42. The second kappa shape index (κ2) is 5.52. The van der Waals surface area contributed by atoms with E-state index in [4.69, 9.17) is 9.47 Å². The Kier molecular flexibility index (Phi) is 4.02. The minimum absolute atomic E-state index is 0.0163. The van der Waals surface area contributed by atoms with Gasteiger partial charge in [0.1, 0.15) is 18.0 Å². The number of benzene rings is 1. The summed E-state index contributed by atoms with van der Waals surface area (Å²) in [5, 5.41) is 9.56. The molecule has 1 aliphatic carbocycles. The summed E-state index contributed by atoms with van der Waals surface area (Å²) in [5.41, 5.74) is 1.30. The number of aryl methyl sites for hydroxylation is 1. The van der Waals surface area contributed by atoms with Crippen LogP contribution in [0.1, 0.15) is 25.8 Å². The van der Waals surface area contributed by atoms with Crippen LogP contribution in [0.3, 0.4) is 0 Å². The van der Waals surface area contributed by atoms with Crippen molar-refractivity contribution in [1.29, 1.82) is 0 Å². The molecule has 0 heterocycles. The second-order valence-corrected chi connectivity index (χ2v) is 4.38. The van der Waals surface area contributed by atoms with Crippen molar-refractivity contribution in [3.05, 3.63) is 29.8 Å². The quantitative estimate of drug-likeness (QED) is 0.851. The van der Waals surface area contributed by atoms with Gasteiger partial charge in [0.25, 0.3) is 0 Å². The zero-order valence-corrected chi connectivity index (χ0v) is 10.4. The smallest absolute Gasteiger partial charge is 0.130 e. The largest absolute Gasteiger partial charge is 0.488 e. The fourth-order valence-electron chi connectivity index (χ4n) is 2.06. The van der Waals surface area contributed by atoms with Crippen molar-refractivity contribution in [3.8, 4) is 5.75 Å². The molecule has 1 aliphatic rings. The monoisotopic (exact) mass is 236 g/mol. The molecule has 0 bridgehead atoms. The molecule has 3 heteroatoms. The average Bonchev–Trinajstić information content (AvgIpc) is 2.36. The van der Waals surface area contributed by atoms with Gasteiger partial charge in [0.2, 0.25) is 0 Å². The minimum atomic E-state index is -0.380. The van der Waals surface area contributed by atoms with E-state index < -0.39 is 0 Å². The summed E-state index contributed by atoms with van der Waals surface area (Å²) in [6.45, 7) is 4.66. The lowest BCUT2D eigenvalue weighted by atomic mass is 9.88. The topological polar surface area (TPSA) is 38.7 Å². The van der Waals surface area contributed by atoms with Crippen LogP contribution in [0.5, 0.6) is 5.75 Å². The lowest BCUT2D eigenvalue weighted by molar-refractivity contribution is -0.160. The highest BCUT2D eigenvalue weighted by molar-refractivity contribution is 5.27. The third-order valence-corrected chi connectivity index (χ3v) is 3.20. The Morgan fingerprint density at radius 2 is 1.94 bits per heavy atom. The molecule has 1 aromatic carbocycles. The van der Waals surface area contributed by atoms with E-state index in [-0.39, 0.29) is 18.3 Å². The molecule has 94 valence electrons. The number of rotatable bonds is 5. The van der Waals surface area contributed by atoms with Crippen molar-refractivity contribution in [3.63, 3.8) is 0 Å². The molecular weight excluding hydrogens is 216 g/mol. The maximum atomic E-state index is 9.56. The van der Waals surface area contributed by atoms with Gasteiger partial charge in [0.15, 0.2) is 0 Å². The summed E-state index contributed by atoms with van der Waals surface area (Å²) < 4.78 is 11.2. The Morgan fingerprint density at radius 1 is 1.24 bits per heavy atom. The molecule has 0 saturated heterocycles. The van der Waals surface area contributed by atoms with Crippen LogP contribution in [0.4, 0.5) is 0 Å². The first-order valence-corrected chi connectivity index (χ1v) is 6.29. The van der Waals surface area contributed by atoms with E-state index in [0.29, 0.717) is 13.0 Å². The van der Waals surface area contributed by atoms with Crippen molar-refractivity contribution >= 4 is 0 Å². The van der Waals surface area contributed by atoms with Crippen LogP contribution in [0.2, 0.25) is 0 Å². The van der Waals surface area contributed by atoms with Crippen LogP contribution < -0.4 is 4.74 Å². The number of aliphatic hydroxyl groups is 1.